The number of aliphatic carboxylic acids is 1. The van der Waals surface area contributed by atoms with E-state index >= 15 is 0 Å². The normalized spacial score (nSPS) is 16.2. The fourth-order valence-electron chi connectivity index (χ4n) is 2.98. The predicted molar refractivity (Wildman–Crippen MR) is 111 cm³/mol. The maximum Gasteiger partial charge on any atom is 0.344 e. The summed E-state index contributed by atoms with van der Waals surface area (Å²) in [4.78, 5) is 50.0. The quantitative estimate of drug-likeness (QED) is 0.540. The van der Waals surface area contributed by atoms with Gasteiger partial charge >= 0.3 is 12.0 Å². The molecule has 1 atom stereocenters. The summed E-state index contributed by atoms with van der Waals surface area (Å²) in [6.45, 7) is 3.14. The highest BCUT2D eigenvalue weighted by molar-refractivity contribution is 6.39. The van der Waals surface area contributed by atoms with Gasteiger partial charge in [-0.15, -0.1) is 0 Å². The molecule has 0 aliphatic carbocycles. The van der Waals surface area contributed by atoms with Gasteiger partial charge in [-0.1, -0.05) is 24.3 Å². The van der Waals surface area contributed by atoms with Crippen LogP contribution in [0.4, 0.5) is 10.5 Å². The first kappa shape index (κ1) is 21.6. The van der Waals surface area contributed by atoms with E-state index in [4.69, 9.17) is 9.47 Å². The van der Waals surface area contributed by atoms with Crippen molar-refractivity contribution in [1.82, 2.24) is 5.32 Å². The third-order valence-electron chi connectivity index (χ3n) is 4.53. The Kier molecular flexibility index (Phi) is 6.05. The van der Waals surface area contributed by atoms with E-state index in [-0.39, 0.29) is 22.6 Å². The second-order valence-electron chi connectivity index (χ2n) is 6.77. The molecular formula is C22H20N2O7. The van der Waals surface area contributed by atoms with Crippen LogP contribution in [0.15, 0.2) is 48.0 Å². The van der Waals surface area contributed by atoms with E-state index in [0.29, 0.717) is 5.69 Å². The molecule has 31 heavy (non-hydrogen) atoms. The van der Waals surface area contributed by atoms with Crippen molar-refractivity contribution in [2.24, 2.45) is 0 Å². The number of nitrogens with zero attached hydrogens (tertiary/aromatic N) is 1. The Morgan fingerprint density at radius 1 is 1.16 bits per heavy atom. The van der Waals surface area contributed by atoms with E-state index in [2.05, 4.69) is 5.32 Å². The summed E-state index contributed by atoms with van der Waals surface area (Å²) in [7, 11) is 1.38. The fraction of sp³-hybridized carbons (Fsp3) is 0.182. The van der Waals surface area contributed by atoms with Gasteiger partial charge in [0.2, 0.25) is 0 Å². The maximum absolute atomic E-state index is 13.1. The lowest BCUT2D eigenvalue weighted by Crippen LogP contribution is -2.54. The number of carboxylic acids is 1. The molecule has 9 nitrogen and oxygen atoms in total. The largest absolute Gasteiger partial charge is 0.493 e. The molecule has 4 amide bonds. The van der Waals surface area contributed by atoms with Gasteiger partial charge in [-0.25, -0.2) is 14.5 Å². The van der Waals surface area contributed by atoms with Gasteiger partial charge in [0.05, 0.1) is 12.8 Å². The van der Waals surface area contributed by atoms with E-state index in [0.717, 1.165) is 10.5 Å². The number of carbonyl (C=O) groups is 4. The van der Waals surface area contributed by atoms with E-state index in [9.17, 15) is 24.3 Å². The summed E-state index contributed by atoms with van der Waals surface area (Å²) in [5, 5.41) is 11.3. The second kappa shape index (κ2) is 8.70. The Bertz CT molecular complexity index is 1110. The van der Waals surface area contributed by atoms with Crippen LogP contribution >= 0.6 is 0 Å². The van der Waals surface area contributed by atoms with Crippen molar-refractivity contribution in [3.8, 4) is 11.5 Å². The van der Waals surface area contributed by atoms with Crippen LogP contribution in [-0.4, -0.2) is 42.1 Å². The summed E-state index contributed by atoms with van der Waals surface area (Å²) in [6.07, 6.45) is 0.0222. The van der Waals surface area contributed by atoms with Gasteiger partial charge in [-0.05, 0) is 43.7 Å². The van der Waals surface area contributed by atoms with Gasteiger partial charge in [0, 0.05) is 5.56 Å². The van der Waals surface area contributed by atoms with E-state index in [1.807, 2.05) is 0 Å². The Morgan fingerprint density at radius 2 is 1.87 bits per heavy atom. The molecule has 0 saturated carbocycles. The number of carbonyl (C=O) groups excluding carboxylic acids is 3. The molecule has 0 spiro atoms. The summed E-state index contributed by atoms with van der Waals surface area (Å²) >= 11 is 0. The van der Waals surface area contributed by atoms with Crippen molar-refractivity contribution in [2.45, 2.75) is 20.0 Å². The van der Waals surface area contributed by atoms with E-state index < -0.39 is 29.9 Å². The standard InChI is InChI=1S/C22H20N2O7/c1-12-6-4-8-15(10-12)24-20(26)16(19(25)23-22(24)29)11-14-7-5-9-17(30-3)18(14)31-13(2)21(27)28/h4-11,13H,1-3H3,(H,27,28)(H,23,25,29)/b16-11+/t13-/m1/s1. The highest BCUT2D eigenvalue weighted by Crippen LogP contribution is 2.34. The molecule has 2 N–H and O–H groups in total. The number of amides is 4. The number of aryl methyl sites for hydroxylation is 1. The van der Waals surface area contributed by atoms with Crippen LogP contribution in [0.25, 0.3) is 6.08 Å². The van der Waals surface area contributed by atoms with Gasteiger partial charge in [0.25, 0.3) is 11.8 Å². The second-order valence-corrected chi connectivity index (χ2v) is 6.77. The summed E-state index contributed by atoms with van der Waals surface area (Å²) < 4.78 is 10.7. The Hall–Kier alpha value is -4.14. The van der Waals surface area contributed by atoms with Crippen LogP contribution in [0.5, 0.6) is 11.5 Å². The molecular weight excluding hydrogens is 404 g/mol. The third kappa shape index (κ3) is 4.40. The number of para-hydroxylation sites is 1. The lowest BCUT2D eigenvalue weighted by molar-refractivity contribution is -0.144. The number of barbiturate groups is 1. The van der Waals surface area contributed by atoms with Crippen LogP contribution in [0.2, 0.25) is 0 Å². The third-order valence-corrected chi connectivity index (χ3v) is 4.53. The average Bonchev–Trinajstić information content (AvgIpc) is 2.71. The number of rotatable bonds is 6. The lowest BCUT2D eigenvalue weighted by atomic mass is 10.0. The minimum atomic E-state index is -1.21. The smallest absolute Gasteiger partial charge is 0.344 e. The van der Waals surface area contributed by atoms with Crippen molar-refractivity contribution < 1.29 is 33.8 Å². The molecule has 1 aliphatic rings. The molecule has 160 valence electrons. The molecule has 1 saturated heterocycles. The molecule has 0 aromatic heterocycles. The average molecular weight is 424 g/mol. The van der Waals surface area contributed by atoms with Crippen LogP contribution in [0.3, 0.4) is 0 Å². The van der Waals surface area contributed by atoms with Gasteiger partial charge < -0.3 is 14.6 Å². The van der Waals surface area contributed by atoms with Crippen LogP contribution in [0.1, 0.15) is 18.1 Å². The minimum Gasteiger partial charge on any atom is -0.493 e. The summed E-state index contributed by atoms with van der Waals surface area (Å²) in [5.74, 6) is -2.63. The molecule has 0 radical (unpaired) electrons. The highest BCUT2D eigenvalue weighted by atomic mass is 16.5. The van der Waals surface area contributed by atoms with Crippen molar-refractivity contribution in [2.75, 3.05) is 12.0 Å². The van der Waals surface area contributed by atoms with Gasteiger partial charge in [0.15, 0.2) is 17.6 Å². The number of hydrogen-bond acceptors (Lipinski definition) is 6. The first-order chi connectivity index (χ1) is 14.7. The fourth-order valence-corrected chi connectivity index (χ4v) is 2.98. The molecule has 2 aromatic carbocycles. The van der Waals surface area contributed by atoms with Crippen molar-refractivity contribution in [3.05, 3.63) is 59.2 Å². The molecule has 9 heteroatoms. The monoisotopic (exact) mass is 424 g/mol. The van der Waals surface area contributed by atoms with E-state index in [1.165, 1.54) is 26.2 Å². The summed E-state index contributed by atoms with van der Waals surface area (Å²) in [5.41, 5.74) is 1.06. The molecule has 3 rings (SSSR count). The minimum absolute atomic E-state index is 0.0482. The number of benzene rings is 2. The topological polar surface area (TPSA) is 122 Å². The number of anilines is 1. The Morgan fingerprint density at radius 3 is 2.52 bits per heavy atom. The van der Waals surface area contributed by atoms with Crippen molar-refractivity contribution in [3.63, 3.8) is 0 Å². The number of carboxylic acid groups (broad SMARTS) is 1. The van der Waals surface area contributed by atoms with Gasteiger partial charge in [-0.3, -0.25) is 14.9 Å². The number of methoxy groups -OCH3 is 1. The Balaban J connectivity index is 2.08. The molecule has 1 fully saturated rings. The molecule has 1 aliphatic heterocycles. The van der Waals surface area contributed by atoms with Crippen LogP contribution in [-0.2, 0) is 14.4 Å². The SMILES string of the molecule is COc1cccc(/C=C2\C(=O)NC(=O)N(c3cccc(C)c3)C2=O)c1O[C@H](C)C(=O)O. The van der Waals surface area contributed by atoms with Crippen LogP contribution in [0, 0.1) is 6.92 Å². The molecule has 2 aromatic rings. The van der Waals surface area contributed by atoms with E-state index in [1.54, 1.807) is 43.3 Å². The Labute approximate surface area is 177 Å². The molecule has 0 bridgehead atoms. The molecule has 1 heterocycles. The first-order valence-electron chi connectivity index (χ1n) is 9.27. The maximum atomic E-state index is 13.1. The van der Waals surface area contributed by atoms with Crippen molar-refractivity contribution in [1.29, 1.82) is 0 Å². The van der Waals surface area contributed by atoms with Gasteiger partial charge in [-0.2, -0.15) is 0 Å². The number of ether oxygens (including phenoxy) is 2. The zero-order chi connectivity index (χ0) is 22.7. The van der Waals surface area contributed by atoms with Crippen LogP contribution < -0.4 is 19.7 Å². The predicted octanol–water partition coefficient (Wildman–Crippen LogP) is 2.52. The van der Waals surface area contributed by atoms with Crippen molar-refractivity contribution >= 4 is 35.6 Å². The number of hydrogen-bond donors (Lipinski definition) is 2. The number of nitrogens with one attached hydrogen (secondary N) is 1. The first-order valence-corrected chi connectivity index (χ1v) is 9.27. The number of urea groups is 1. The summed E-state index contributed by atoms with van der Waals surface area (Å²) in [6, 6.07) is 10.5. The number of imide groups is 2. The molecule has 0 unspecified atom stereocenters. The van der Waals surface area contributed by atoms with Gasteiger partial charge in [0.1, 0.15) is 5.57 Å². The zero-order valence-electron chi connectivity index (χ0n) is 17.0. The lowest BCUT2D eigenvalue weighted by Gasteiger charge is -2.26. The highest BCUT2D eigenvalue weighted by Gasteiger charge is 2.37. The zero-order valence-corrected chi connectivity index (χ0v) is 17.0.